The molecule has 0 aromatic heterocycles. The Balaban J connectivity index is 1.32. The van der Waals surface area contributed by atoms with Gasteiger partial charge in [0.25, 0.3) is 0 Å². The minimum absolute atomic E-state index is 0.392. The van der Waals surface area contributed by atoms with E-state index in [1.807, 2.05) is 0 Å². The van der Waals surface area contributed by atoms with Gasteiger partial charge in [-0.3, -0.25) is 9.69 Å². The predicted octanol–water partition coefficient (Wildman–Crippen LogP) is 2.12. The van der Waals surface area contributed by atoms with Crippen molar-refractivity contribution in [3.05, 3.63) is 0 Å². The van der Waals surface area contributed by atoms with Crippen molar-refractivity contribution < 1.29 is 4.79 Å². The summed E-state index contributed by atoms with van der Waals surface area (Å²) in [6, 6.07) is 0.667. The Morgan fingerprint density at radius 1 is 0.895 bits per heavy atom. The molecule has 4 rings (SSSR count). The largest absolute Gasteiger partial charge is 0.341 e. The third-order valence-electron chi connectivity index (χ3n) is 5.97. The summed E-state index contributed by atoms with van der Waals surface area (Å²) in [5.41, 5.74) is 0. The lowest BCUT2D eigenvalue weighted by Crippen LogP contribution is -2.42. The molecule has 106 valence electrons. The lowest BCUT2D eigenvalue weighted by Gasteiger charge is -2.32. The molecule has 0 N–H and O–H groups in total. The van der Waals surface area contributed by atoms with Crippen LogP contribution in [0.2, 0.25) is 0 Å². The van der Waals surface area contributed by atoms with Crippen molar-refractivity contribution >= 4 is 5.91 Å². The van der Waals surface area contributed by atoms with Crippen LogP contribution in [-0.2, 0) is 4.79 Å². The van der Waals surface area contributed by atoms with E-state index in [0.29, 0.717) is 17.9 Å². The van der Waals surface area contributed by atoms with Gasteiger partial charge in [0.05, 0.1) is 0 Å². The summed E-state index contributed by atoms with van der Waals surface area (Å²) >= 11 is 0. The van der Waals surface area contributed by atoms with E-state index < -0.39 is 0 Å². The minimum atomic E-state index is 0.392. The molecular formula is C16H26N2O. The molecule has 4 fully saturated rings. The Kier molecular flexibility index (Phi) is 3.06. The molecule has 0 radical (unpaired) electrons. The number of nitrogens with zero attached hydrogens (tertiary/aromatic N) is 2. The Morgan fingerprint density at radius 3 is 2.37 bits per heavy atom. The molecular weight excluding hydrogens is 236 g/mol. The van der Waals surface area contributed by atoms with Crippen molar-refractivity contribution in [2.24, 2.45) is 17.8 Å². The van der Waals surface area contributed by atoms with Gasteiger partial charge in [-0.2, -0.15) is 0 Å². The van der Waals surface area contributed by atoms with Gasteiger partial charge < -0.3 is 4.90 Å². The third-order valence-corrected chi connectivity index (χ3v) is 5.97. The van der Waals surface area contributed by atoms with Crippen molar-refractivity contribution in [3.63, 3.8) is 0 Å². The van der Waals surface area contributed by atoms with E-state index in [2.05, 4.69) is 9.80 Å². The van der Waals surface area contributed by atoms with Crippen LogP contribution in [0, 0.1) is 17.8 Å². The van der Waals surface area contributed by atoms with Crippen LogP contribution in [0.1, 0.15) is 44.9 Å². The summed E-state index contributed by atoms with van der Waals surface area (Å²) in [5.74, 6) is 2.74. The number of rotatable bonds is 2. The van der Waals surface area contributed by atoms with Crippen LogP contribution < -0.4 is 0 Å². The molecule has 0 aromatic carbocycles. The molecule has 0 aromatic rings. The lowest BCUT2D eigenvalue weighted by molar-refractivity contribution is -0.134. The third kappa shape index (κ3) is 2.31. The first-order chi connectivity index (χ1) is 9.31. The molecule has 1 amide bonds. The van der Waals surface area contributed by atoms with Crippen LogP contribution >= 0.6 is 0 Å². The molecule has 19 heavy (non-hydrogen) atoms. The fraction of sp³-hybridized carbons (Fsp3) is 0.938. The summed E-state index contributed by atoms with van der Waals surface area (Å²) in [5, 5.41) is 0. The van der Waals surface area contributed by atoms with E-state index in [0.717, 1.165) is 24.9 Å². The quantitative estimate of drug-likeness (QED) is 0.761. The van der Waals surface area contributed by atoms with Crippen molar-refractivity contribution in [2.45, 2.75) is 51.0 Å². The first-order valence-electron chi connectivity index (χ1n) is 8.34. The average molecular weight is 262 g/mol. The van der Waals surface area contributed by atoms with E-state index >= 15 is 0 Å². The number of fused-ring (bicyclic) bond motifs is 1. The number of amides is 1. The summed E-state index contributed by atoms with van der Waals surface area (Å²) in [7, 11) is 0. The minimum Gasteiger partial charge on any atom is -0.341 e. The number of hydrogen-bond acceptors (Lipinski definition) is 2. The van der Waals surface area contributed by atoms with Gasteiger partial charge in [-0.1, -0.05) is 6.42 Å². The van der Waals surface area contributed by atoms with Crippen LogP contribution in [0.4, 0.5) is 0 Å². The van der Waals surface area contributed by atoms with Crippen LogP contribution in [0.25, 0.3) is 0 Å². The van der Waals surface area contributed by atoms with Gasteiger partial charge in [0.2, 0.25) is 5.91 Å². The zero-order valence-electron chi connectivity index (χ0n) is 11.9. The maximum absolute atomic E-state index is 12.5. The normalized spacial score (nSPS) is 42.4. The van der Waals surface area contributed by atoms with Crippen LogP contribution in [0.3, 0.4) is 0 Å². The highest BCUT2D eigenvalue weighted by atomic mass is 16.2. The SMILES string of the molecule is O=C(C1CC2CC2C1)N1CCC(N2CCCCC2)C1. The lowest BCUT2D eigenvalue weighted by atomic mass is 10.0. The van der Waals surface area contributed by atoms with Gasteiger partial charge in [-0.15, -0.1) is 0 Å². The molecule has 2 aliphatic carbocycles. The molecule has 2 aliphatic heterocycles. The fourth-order valence-electron chi connectivity index (χ4n) is 4.70. The monoisotopic (exact) mass is 262 g/mol. The molecule has 3 unspecified atom stereocenters. The Hall–Kier alpha value is -0.570. The second-order valence-electron chi connectivity index (χ2n) is 7.25. The van der Waals surface area contributed by atoms with E-state index in [1.165, 1.54) is 58.0 Å². The van der Waals surface area contributed by atoms with Gasteiger partial charge in [0.15, 0.2) is 0 Å². The maximum atomic E-state index is 12.5. The van der Waals surface area contributed by atoms with Gasteiger partial charge in [-0.05, 0) is 63.5 Å². The van der Waals surface area contributed by atoms with Crippen molar-refractivity contribution in [1.29, 1.82) is 0 Å². The molecule has 3 nitrogen and oxygen atoms in total. The second kappa shape index (κ2) is 4.76. The van der Waals surface area contributed by atoms with E-state index in [1.54, 1.807) is 0 Å². The molecule has 2 saturated carbocycles. The molecule has 0 spiro atoms. The maximum Gasteiger partial charge on any atom is 0.225 e. The van der Waals surface area contributed by atoms with Crippen molar-refractivity contribution in [3.8, 4) is 0 Å². The number of hydrogen-bond donors (Lipinski definition) is 0. The standard InChI is InChI=1S/C16H26N2O/c19-16(14-9-12-8-13(12)10-14)18-7-4-15(11-18)17-5-2-1-3-6-17/h12-15H,1-11H2. The summed E-state index contributed by atoms with van der Waals surface area (Å²) in [4.78, 5) is 17.4. The summed E-state index contributed by atoms with van der Waals surface area (Å²) in [6.45, 7) is 4.57. The van der Waals surface area contributed by atoms with Crippen molar-refractivity contribution in [2.75, 3.05) is 26.2 Å². The van der Waals surface area contributed by atoms with Gasteiger partial charge in [-0.25, -0.2) is 0 Å². The van der Waals surface area contributed by atoms with E-state index in [-0.39, 0.29) is 0 Å². The average Bonchev–Trinajstić information content (AvgIpc) is 2.91. The molecule has 4 aliphatic rings. The number of carbonyl (C=O) groups is 1. The van der Waals surface area contributed by atoms with Crippen LogP contribution in [-0.4, -0.2) is 47.9 Å². The number of piperidine rings is 1. The molecule has 3 heteroatoms. The van der Waals surface area contributed by atoms with E-state index in [4.69, 9.17) is 0 Å². The summed E-state index contributed by atoms with van der Waals surface area (Å²) in [6.07, 6.45) is 9.15. The predicted molar refractivity (Wildman–Crippen MR) is 74.7 cm³/mol. The smallest absolute Gasteiger partial charge is 0.225 e. The zero-order chi connectivity index (χ0) is 12.8. The topological polar surface area (TPSA) is 23.6 Å². The highest BCUT2D eigenvalue weighted by molar-refractivity contribution is 5.79. The van der Waals surface area contributed by atoms with E-state index in [9.17, 15) is 4.79 Å². The molecule has 2 heterocycles. The first kappa shape index (κ1) is 12.2. The van der Waals surface area contributed by atoms with Crippen LogP contribution in [0.15, 0.2) is 0 Å². The first-order valence-corrected chi connectivity index (χ1v) is 8.34. The Bertz CT molecular complexity index is 354. The number of carbonyl (C=O) groups excluding carboxylic acids is 1. The zero-order valence-corrected chi connectivity index (χ0v) is 11.9. The molecule has 3 atom stereocenters. The summed E-state index contributed by atoms with van der Waals surface area (Å²) < 4.78 is 0. The fourth-order valence-corrected chi connectivity index (χ4v) is 4.70. The molecule has 0 bridgehead atoms. The Morgan fingerprint density at radius 2 is 1.63 bits per heavy atom. The van der Waals surface area contributed by atoms with Gasteiger partial charge in [0.1, 0.15) is 0 Å². The van der Waals surface area contributed by atoms with Gasteiger partial charge in [0, 0.05) is 25.0 Å². The molecule has 2 saturated heterocycles. The Labute approximate surface area is 116 Å². The van der Waals surface area contributed by atoms with Gasteiger partial charge >= 0.3 is 0 Å². The van der Waals surface area contributed by atoms with Crippen LogP contribution in [0.5, 0.6) is 0 Å². The number of likely N-dealkylation sites (tertiary alicyclic amines) is 2. The highest BCUT2D eigenvalue weighted by Crippen LogP contribution is 2.54. The van der Waals surface area contributed by atoms with Crippen molar-refractivity contribution in [1.82, 2.24) is 9.80 Å². The highest BCUT2D eigenvalue weighted by Gasteiger charge is 2.49. The second-order valence-corrected chi connectivity index (χ2v) is 7.25.